The molecule has 0 bridgehead atoms. The second-order valence-corrected chi connectivity index (χ2v) is 9.35. The molecule has 1 spiro atoms. The fourth-order valence-electron chi connectivity index (χ4n) is 6.75. The SMILES string of the molecule is CCN1C(=O)[C@]2(c3ccccc31)[C@@H]1C(=O)N(c3ccc(C(C)=O)cc3)C(=O)[C@@H]1[C@@H]1CCCN12. The van der Waals surface area contributed by atoms with Crippen molar-refractivity contribution in [2.24, 2.45) is 11.8 Å². The number of Topliss-reactive ketones (excluding diaryl/α,β-unsaturated/α-hetero) is 1. The molecule has 0 radical (unpaired) electrons. The van der Waals surface area contributed by atoms with Gasteiger partial charge in [0.05, 0.1) is 17.5 Å². The number of benzene rings is 2. The molecule has 2 aromatic carbocycles. The first kappa shape index (κ1) is 20.3. The summed E-state index contributed by atoms with van der Waals surface area (Å²) in [5.41, 5.74) is 1.51. The normalized spacial score (nSPS) is 30.4. The lowest BCUT2D eigenvalue weighted by Crippen LogP contribution is -2.56. The van der Waals surface area contributed by atoms with Crippen molar-refractivity contribution in [2.75, 3.05) is 22.9 Å². The first-order chi connectivity index (χ1) is 15.9. The first-order valence-corrected chi connectivity index (χ1v) is 11.6. The van der Waals surface area contributed by atoms with Gasteiger partial charge in [0.15, 0.2) is 5.78 Å². The average Bonchev–Trinajstić information content (AvgIpc) is 3.51. The molecule has 4 aliphatic rings. The van der Waals surface area contributed by atoms with Crippen LogP contribution in [0.2, 0.25) is 0 Å². The van der Waals surface area contributed by atoms with Gasteiger partial charge in [-0.2, -0.15) is 0 Å². The molecule has 0 aliphatic carbocycles. The van der Waals surface area contributed by atoms with Gasteiger partial charge >= 0.3 is 0 Å². The maximum absolute atomic E-state index is 14.1. The van der Waals surface area contributed by atoms with Crippen molar-refractivity contribution < 1.29 is 19.2 Å². The Balaban J connectivity index is 1.52. The van der Waals surface area contributed by atoms with Crippen LogP contribution in [0.5, 0.6) is 0 Å². The summed E-state index contributed by atoms with van der Waals surface area (Å²) in [6.45, 7) is 4.62. The van der Waals surface area contributed by atoms with E-state index in [9.17, 15) is 19.2 Å². The zero-order chi connectivity index (χ0) is 23.1. The Morgan fingerprint density at radius 3 is 2.45 bits per heavy atom. The Labute approximate surface area is 191 Å². The maximum atomic E-state index is 14.1. The van der Waals surface area contributed by atoms with Crippen LogP contribution < -0.4 is 9.80 Å². The second kappa shape index (κ2) is 6.84. The fourth-order valence-corrected chi connectivity index (χ4v) is 6.75. The van der Waals surface area contributed by atoms with Gasteiger partial charge in [-0.3, -0.25) is 24.1 Å². The highest BCUT2D eigenvalue weighted by molar-refractivity contribution is 6.26. The third kappa shape index (κ3) is 2.33. The number of amides is 3. The molecule has 0 N–H and O–H groups in total. The minimum absolute atomic E-state index is 0.0779. The van der Waals surface area contributed by atoms with Crippen molar-refractivity contribution in [2.45, 2.75) is 38.3 Å². The van der Waals surface area contributed by atoms with Crippen molar-refractivity contribution in [3.63, 3.8) is 0 Å². The van der Waals surface area contributed by atoms with Gasteiger partial charge in [-0.15, -0.1) is 0 Å². The Morgan fingerprint density at radius 2 is 1.76 bits per heavy atom. The number of rotatable bonds is 3. The smallest absolute Gasteiger partial charge is 0.253 e. The maximum Gasteiger partial charge on any atom is 0.253 e. The summed E-state index contributed by atoms with van der Waals surface area (Å²) in [5, 5.41) is 0. The molecular formula is C26H25N3O4. The number of anilines is 2. The predicted octanol–water partition coefficient (Wildman–Crippen LogP) is 2.73. The van der Waals surface area contributed by atoms with Gasteiger partial charge in [0.1, 0.15) is 5.54 Å². The number of para-hydroxylation sites is 1. The number of imide groups is 1. The van der Waals surface area contributed by atoms with E-state index in [2.05, 4.69) is 4.90 Å². The van der Waals surface area contributed by atoms with Gasteiger partial charge in [0.2, 0.25) is 11.8 Å². The molecule has 2 aromatic rings. The van der Waals surface area contributed by atoms with E-state index in [1.165, 1.54) is 11.8 Å². The van der Waals surface area contributed by atoms with Crippen LogP contribution in [0.1, 0.15) is 42.6 Å². The summed E-state index contributed by atoms with van der Waals surface area (Å²) >= 11 is 0. The van der Waals surface area contributed by atoms with Gasteiger partial charge in [0, 0.05) is 29.4 Å². The molecule has 6 rings (SSSR count). The van der Waals surface area contributed by atoms with Crippen molar-refractivity contribution in [3.05, 3.63) is 59.7 Å². The minimum atomic E-state index is -1.14. The number of carbonyl (C=O) groups excluding carboxylic acids is 4. The largest absolute Gasteiger partial charge is 0.310 e. The van der Waals surface area contributed by atoms with Crippen LogP contribution in [0.25, 0.3) is 0 Å². The Hall–Kier alpha value is -3.32. The highest BCUT2D eigenvalue weighted by Gasteiger charge is 2.75. The third-order valence-electron chi connectivity index (χ3n) is 7.99. The number of nitrogens with zero attached hydrogens (tertiary/aromatic N) is 3. The van der Waals surface area contributed by atoms with Gasteiger partial charge < -0.3 is 4.90 Å². The van der Waals surface area contributed by atoms with Crippen LogP contribution in [-0.4, -0.2) is 47.5 Å². The van der Waals surface area contributed by atoms with E-state index in [0.29, 0.717) is 24.3 Å². The molecule has 3 saturated heterocycles. The lowest BCUT2D eigenvalue weighted by molar-refractivity contribution is -0.137. The third-order valence-corrected chi connectivity index (χ3v) is 7.99. The van der Waals surface area contributed by atoms with Gasteiger partial charge in [-0.25, -0.2) is 4.90 Å². The van der Waals surface area contributed by atoms with Crippen LogP contribution >= 0.6 is 0 Å². The van der Waals surface area contributed by atoms with Gasteiger partial charge in [-0.1, -0.05) is 18.2 Å². The lowest BCUT2D eigenvalue weighted by Gasteiger charge is -2.37. The molecule has 3 fully saturated rings. The van der Waals surface area contributed by atoms with Gasteiger partial charge in [0.25, 0.3) is 5.91 Å². The van der Waals surface area contributed by atoms with E-state index >= 15 is 0 Å². The number of hydrogen-bond acceptors (Lipinski definition) is 5. The summed E-state index contributed by atoms with van der Waals surface area (Å²) in [5.74, 6) is -2.05. The molecule has 4 atom stereocenters. The Morgan fingerprint density at radius 1 is 1.03 bits per heavy atom. The van der Waals surface area contributed by atoms with Crippen molar-refractivity contribution in [3.8, 4) is 0 Å². The quantitative estimate of drug-likeness (QED) is 0.539. The summed E-state index contributed by atoms with van der Waals surface area (Å²) in [6.07, 6.45) is 1.69. The standard InChI is InChI=1S/C26H25N3O4/c1-3-27-19-8-5-4-7-18(19)26(25(27)33)22-21(20-9-6-14-28(20)26)23(31)29(24(22)32)17-12-10-16(11-13-17)15(2)30/h4-5,7-8,10-13,20-22H,3,6,9,14H2,1-2H3/t20-,21+,22-,26-/m0/s1. The lowest BCUT2D eigenvalue weighted by atomic mass is 9.75. The van der Waals surface area contributed by atoms with Crippen LogP contribution in [0, 0.1) is 11.8 Å². The van der Waals surface area contributed by atoms with E-state index < -0.39 is 17.4 Å². The summed E-state index contributed by atoms with van der Waals surface area (Å²) in [6, 6.07) is 14.1. The number of likely N-dealkylation sites (N-methyl/N-ethyl adjacent to an activating group) is 1. The van der Waals surface area contributed by atoms with Crippen molar-refractivity contribution in [1.29, 1.82) is 0 Å². The molecule has 7 heteroatoms. The topological polar surface area (TPSA) is 78.0 Å². The summed E-state index contributed by atoms with van der Waals surface area (Å²) < 4.78 is 0. The van der Waals surface area contributed by atoms with E-state index in [0.717, 1.165) is 24.1 Å². The van der Waals surface area contributed by atoms with Crippen LogP contribution in [-0.2, 0) is 19.9 Å². The molecule has 33 heavy (non-hydrogen) atoms. The molecule has 4 heterocycles. The zero-order valence-corrected chi connectivity index (χ0v) is 18.7. The summed E-state index contributed by atoms with van der Waals surface area (Å²) in [7, 11) is 0. The molecule has 3 amide bonds. The highest BCUT2D eigenvalue weighted by Crippen LogP contribution is 2.61. The molecule has 4 aliphatic heterocycles. The van der Waals surface area contributed by atoms with Gasteiger partial charge in [-0.05, 0) is 63.6 Å². The Kier molecular flexibility index (Phi) is 4.21. The van der Waals surface area contributed by atoms with Crippen LogP contribution in [0.4, 0.5) is 11.4 Å². The van der Waals surface area contributed by atoms with Crippen molar-refractivity contribution in [1.82, 2.24) is 4.90 Å². The number of carbonyl (C=O) groups is 4. The number of hydrogen-bond donors (Lipinski definition) is 0. The monoisotopic (exact) mass is 443 g/mol. The number of ketones is 1. The molecular weight excluding hydrogens is 418 g/mol. The van der Waals surface area contributed by atoms with E-state index in [4.69, 9.17) is 0 Å². The summed E-state index contributed by atoms with van der Waals surface area (Å²) in [4.78, 5) is 58.7. The highest BCUT2D eigenvalue weighted by atomic mass is 16.2. The Bertz CT molecular complexity index is 1220. The molecule has 0 saturated carbocycles. The van der Waals surface area contributed by atoms with Crippen molar-refractivity contribution >= 4 is 34.9 Å². The van der Waals surface area contributed by atoms with E-state index in [-0.39, 0.29) is 29.5 Å². The average molecular weight is 444 g/mol. The minimum Gasteiger partial charge on any atom is -0.310 e. The molecule has 168 valence electrons. The second-order valence-electron chi connectivity index (χ2n) is 9.35. The zero-order valence-electron chi connectivity index (χ0n) is 18.7. The molecule has 0 unspecified atom stereocenters. The molecule has 7 nitrogen and oxygen atoms in total. The van der Waals surface area contributed by atoms with Crippen LogP contribution in [0.3, 0.4) is 0 Å². The van der Waals surface area contributed by atoms with E-state index in [1.807, 2.05) is 31.2 Å². The molecule has 0 aromatic heterocycles. The van der Waals surface area contributed by atoms with Crippen LogP contribution in [0.15, 0.2) is 48.5 Å². The first-order valence-electron chi connectivity index (χ1n) is 11.6. The predicted molar refractivity (Wildman–Crippen MR) is 122 cm³/mol. The number of fused-ring (bicyclic) bond motifs is 7. The fraction of sp³-hybridized carbons (Fsp3) is 0.385. The van der Waals surface area contributed by atoms with E-state index in [1.54, 1.807) is 29.2 Å².